The molecule has 0 saturated carbocycles. The monoisotopic (exact) mass is 307 g/mol. The van der Waals surface area contributed by atoms with Crippen LogP contribution in [0.5, 0.6) is 5.75 Å². The molecule has 0 fully saturated rings. The lowest BCUT2D eigenvalue weighted by Crippen LogP contribution is -2.06. The van der Waals surface area contributed by atoms with Crippen molar-refractivity contribution in [1.29, 1.82) is 5.26 Å². The first kappa shape index (κ1) is 11.8. The Morgan fingerprint density at radius 3 is 2.82 bits per heavy atom. The Morgan fingerprint density at radius 2 is 2.18 bits per heavy atom. The number of esters is 1. The highest BCUT2D eigenvalue weighted by molar-refractivity contribution is 9.11. The standard InChI is InChI=1S/C12H6BrNO2S/c13-11-5-4-10(17-11)12(15)16-9-3-1-2-8(6-9)7-14/h1-6H. The molecule has 2 rings (SSSR count). The van der Waals surface area contributed by atoms with Gasteiger partial charge in [-0.3, -0.25) is 0 Å². The van der Waals surface area contributed by atoms with E-state index in [1.807, 2.05) is 6.07 Å². The minimum Gasteiger partial charge on any atom is -0.422 e. The number of ether oxygens (including phenoxy) is 1. The van der Waals surface area contributed by atoms with Gasteiger partial charge in [-0.15, -0.1) is 11.3 Å². The lowest BCUT2D eigenvalue weighted by molar-refractivity contribution is 0.0740. The fourth-order valence-corrected chi connectivity index (χ4v) is 2.47. The number of carbonyl (C=O) groups excluding carboxylic acids is 1. The van der Waals surface area contributed by atoms with E-state index in [-0.39, 0.29) is 0 Å². The van der Waals surface area contributed by atoms with Crippen LogP contribution in [0.1, 0.15) is 15.2 Å². The lowest BCUT2D eigenvalue weighted by Gasteiger charge is -2.02. The Morgan fingerprint density at radius 1 is 1.35 bits per heavy atom. The van der Waals surface area contributed by atoms with Crippen LogP contribution >= 0.6 is 27.3 Å². The number of carbonyl (C=O) groups is 1. The SMILES string of the molecule is N#Cc1cccc(OC(=O)c2ccc(Br)s2)c1. The summed E-state index contributed by atoms with van der Waals surface area (Å²) in [5.41, 5.74) is 0.461. The maximum absolute atomic E-state index is 11.7. The number of nitrogens with zero attached hydrogens (tertiary/aromatic N) is 1. The summed E-state index contributed by atoms with van der Waals surface area (Å²) in [6.45, 7) is 0. The van der Waals surface area contributed by atoms with Gasteiger partial charge in [-0.2, -0.15) is 5.26 Å². The molecule has 1 aromatic carbocycles. The molecular weight excluding hydrogens is 302 g/mol. The Hall–Kier alpha value is -1.64. The van der Waals surface area contributed by atoms with E-state index in [0.717, 1.165) is 3.79 Å². The van der Waals surface area contributed by atoms with Gasteiger partial charge < -0.3 is 4.74 Å². The third-order valence-corrected chi connectivity index (χ3v) is 3.55. The highest BCUT2D eigenvalue weighted by Gasteiger charge is 2.11. The quantitative estimate of drug-likeness (QED) is 0.629. The zero-order chi connectivity index (χ0) is 12.3. The summed E-state index contributed by atoms with van der Waals surface area (Å²) >= 11 is 4.58. The van der Waals surface area contributed by atoms with E-state index in [0.29, 0.717) is 16.2 Å². The zero-order valence-corrected chi connectivity index (χ0v) is 10.9. The number of rotatable bonds is 2. The largest absolute Gasteiger partial charge is 0.422 e. The summed E-state index contributed by atoms with van der Waals surface area (Å²) in [6, 6.07) is 12.0. The van der Waals surface area contributed by atoms with Crippen molar-refractivity contribution < 1.29 is 9.53 Å². The molecule has 1 aromatic heterocycles. The van der Waals surface area contributed by atoms with Crippen LogP contribution in [0.3, 0.4) is 0 Å². The van der Waals surface area contributed by atoms with Gasteiger partial charge in [0.15, 0.2) is 0 Å². The Kier molecular flexibility index (Phi) is 3.57. The van der Waals surface area contributed by atoms with Crippen molar-refractivity contribution in [3.8, 4) is 11.8 Å². The predicted octanol–water partition coefficient (Wildman–Crippen LogP) is 3.60. The van der Waals surface area contributed by atoms with Gasteiger partial charge in [-0.25, -0.2) is 4.79 Å². The molecule has 0 unspecified atom stereocenters. The molecule has 0 bridgehead atoms. The number of hydrogen-bond acceptors (Lipinski definition) is 4. The number of hydrogen-bond donors (Lipinski definition) is 0. The van der Waals surface area contributed by atoms with Gasteiger partial charge in [0, 0.05) is 0 Å². The van der Waals surface area contributed by atoms with Crippen molar-refractivity contribution in [2.45, 2.75) is 0 Å². The molecule has 3 nitrogen and oxygen atoms in total. The Bertz CT molecular complexity index is 601. The van der Waals surface area contributed by atoms with Crippen molar-refractivity contribution in [1.82, 2.24) is 0 Å². The van der Waals surface area contributed by atoms with Crippen molar-refractivity contribution in [2.75, 3.05) is 0 Å². The molecular formula is C12H6BrNO2S. The highest BCUT2D eigenvalue weighted by Crippen LogP contribution is 2.23. The third-order valence-electron chi connectivity index (χ3n) is 1.95. The molecule has 0 spiro atoms. The molecule has 84 valence electrons. The van der Waals surface area contributed by atoms with Crippen molar-refractivity contribution in [3.05, 3.63) is 50.6 Å². The highest BCUT2D eigenvalue weighted by atomic mass is 79.9. The molecule has 5 heteroatoms. The van der Waals surface area contributed by atoms with Crippen LogP contribution in [0, 0.1) is 11.3 Å². The Balaban J connectivity index is 2.16. The average Bonchev–Trinajstić information content (AvgIpc) is 2.76. The minimum atomic E-state index is -0.421. The molecule has 0 aliphatic rings. The Labute approximate surface area is 110 Å². The second-order valence-electron chi connectivity index (χ2n) is 3.13. The van der Waals surface area contributed by atoms with Crippen molar-refractivity contribution >= 4 is 33.2 Å². The maximum Gasteiger partial charge on any atom is 0.353 e. The molecule has 0 saturated heterocycles. The van der Waals surface area contributed by atoms with Crippen LogP contribution in [0.15, 0.2) is 40.2 Å². The van der Waals surface area contributed by atoms with Crippen molar-refractivity contribution in [2.24, 2.45) is 0 Å². The third kappa shape index (κ3) is 2.93. The number of benzene rings is 1. The second-order valence-corrected chi connectivity index (χ2v) is 5.60. The van der Waals surface area contributed by atoms with E-state index < -0.39 is 5.97 Å². The van der Waals surface area contributed by atoms with E-state index in [1.54, 1.807) is 30.3 Å². The first-order chi connectivity index (χ1) is 8.19. The average molecular weight is 308 g/mol. The molecule has 1 heterocycles. The van der Waals surface area contributed by atoms with Gasteiger partial charge in [-0.05, 0) is 46.3 Å². The molecule has 0 aliphatic heterocycles. The van der Waals surface area contributed by atoms with Crippen LogP contribution in [-0.2, 0) is 0 Å². The summed E-state index contributed by atoms with van der Waals surface area (Å²) in [5.74, 6) is -0.0469. The van der Waals surface area contributed by atoms with E-state index in [1.165, 1.54) is 17.4 Å². The molecule has 0 radical (unpaired) electrons. The molecule has 17 heavy (non-hydrogen) atoms. The van der Waals surface area contributed by atoms with Gasteiger partial charge >= 0.3 is 5.97 Å². The topological polar surface area (TPSA) is 50.1 Å². The predicted molar refractivity (Wildman–Crippen MR) is 68.1 cm³/mol. The van der Waals surface area contributed by atoms with Crippen LogP contribution < -0.4 is 4.74 Å². The number of halogens is 1. The zero-order valence-electron chi connectivity index (χ0n) is 8.51. The normalized spacial score (nSPS) is 9.65. The van der Waals surface area contributed by atoms with Crippen molar-refractivity contribution in [3.63, 3.8) is 0 Å². The minimum absolute atomic E-state index is 0.374. The van der Waals surface area contributed by atoms with Crippen LogP contribution in [0.2, 0.25) is 0 Å². The van der Waals surface area contributed by atoms with Gasteiger partial charge in [0.25, 0.3) is 0 Å². The number of thiophene rings is 1. The summed E-state index contributed by atoms with van der Waals surface area (Å²) in [6.07, 6.45) is 0. The molecule has 2 aromatic rings. The first-order valence-corrected chi connectivity index (χ1v) is 6.27. The second kappa shape index (κ2) is 5.13. The fraction of sp³-hybridized carbons (Fsp3) is 0. The van der Waals surface area contributed by atoms with Crippen LogP contribution in [-0.4, -0.2) is 5.97 Å². The number of nitriles is 1. The molecule has 0 N–H and O–H groups in total. The van der Waals surface area contributed by atoms with E-state index >= 15 is 0 Å². The lowest BCUT2D eigenvalue weighted by atomic mass is 10.2. The van der Waals surface area contributed by atoms with Gasteiger partial charge in [-0.1, -0.05) is 6.07 Å². The van der Waals surface area contributed by atoms with Gasteiger partial charge in [0.1, 0.15) is 10.6 Å². The van der Waals surface area contributed by atoms with E-state index in [2.05, 4.69) is 15.9 Å². The summed E-state index contributed by atoms with van der Waals surface area (Å²) < 4.78 is 6.03. The smallest absolute Gasteiger partial charge is 0.353 e. The van der Waals surface area contributed by atoms with Crippen LogP contribution in [0.4, 0.5) is 0 Å². The van der Waals surface area contributed by atoms with E-state index in [4.69, 9.17) is 10.00 Å². The first-order valence-electron chi connectivity index (χ1n) is 4.67. The van der Waals surface area contributed by atoms with Gasteiger partial charge in [0.05, 0.1) is 15.4 Å². The van der Waals surface area contributed by atoms with Crippen LogP contribution in [0.25, 0.3) is 0 Å². The summed E-state index contributed by atoms with van der Waals surface area (Å²) in [5, 5.41) is 8.72. The van der Waals surface area contributed by atoms with Gasteiger partial charge in [0.2, 0.25) is 0 Å². The van der Waals surface area contributed by atoms with E-state index in [9.17, 15) is 4.79 Å². The summed E-state index contributed by atoms with van der Waals surface area (Å²) in [7, 11) is 0. The maximum atomic E-state index is 11.7. The molecule has 0 amide bonds. The fourth-order valence-electron chi connectivity index (χ4n) is 1.21. The molecule has 0 atom stereocenters. The summed E-state index contributed by atoms with van der Waals surface area (Å²) in [4.78, 5) is 12.2. The molecule has 0 aliphatic carbocycles.